The lowest BCUT2D eigenvalue weighted by Crippen LogP contribution is -2.49. The predicted molar refractivity (Wildman–Crippen MR) is 79.3 cm³/mol. The zero-order chi connectivity index (χ0) is 14.4. The zero-order valence-electron chi connectivity index (χ0n) is 11.9. The summed E-state index contributed by atoms with van der Waals surface area (Å²) in [4.78, 5) is 4.72. The summed E-state index contributed by atoms with van der Waals surface area (Å²) in [6.45, 7) is 6.06. The molecule has 0 aliphatic carbocycles. The van der Waals surface area contributed by atoms with Crippen LogP contribution in [0, 0.1) is 22.7 Å². The van der Waals surface area contributed by atoms with Gasteiger partial charge >= 0.3 is 0 Å². The Morgan fingerprint density at radius 2 is 1.85 bits per heavy atom. The van der Waals surface area contributed by atoms with Crippen molar-refractivity contribution in [1.82, 2.24) is 4.90 Å². The SMILES string of the molecule is CC(CCC#N)N1CCN(c2ccccc2C#N)CC1. The maximum Gasteiger partial charge on any atom is 0.101 e. The van der Waals surface area contributed by atoms with E-state index in [1.165, 1.54) is 0 Å². The molecule has 0 N–H and O–H groups in total. The third-order valence-corrected chi connectivity index (χ3v) is 3.98. The van der Waals surface area contributed by atoms with Crippen LogP contribution in [0.1, 0.15) is 25.3 Å². The van der Waals surface area contributed by atoms with E-state index in [0.29, 0.717) is 12.5 Å². The van der Waals surface area contributed by atoms with Crippen LogP contribution in [0.3, 0.4) is 0 Å². The van der Waals surface area contributed by atoms with E-state index in [2.05, 4.69) is 28.9 Å². The second-order valence-corrected chi connectivity index (χ2v) is 5.20. The molecule has 1 atom stereocenters. The summed E-state index contributed by atoms with van der Waals surface area (Å²) in [6.07, 6.45) is 1.56. The first kappa shape index (κ1) is 14.4. The van der Waals surface area contributed by atoms with Crippen molar-refractivity contribution in [3.05, 3.63) is 29.8 Å². The molecule has 1 aliphatic rings. The summed E-state index contributed by atoms with van der Waals surface area (Å²) < 4.78 is 0. The summed E-state index contributed by atoms with van der Waals surface area (Å²) in [5, 5.41) is 17.8. The second kappa shape index (κ2) is 6.93. The van der Waals surface area contributed by atoms with E-state index < -0.39 is 0 Å². The van der Waals surface area contributed by atoms with E-state index in [0.717, 1.165) is 43.9 Å². The fourth-order valence-electron chi connectivity index (χ4n) is 2.70. The Morgan fingerprint density at radius 1 is 1.15 bits per heavy atom. The molecule has 1 saturated heterocycles. The summed E-state index contributed by atoms with van der Waals surface area (Å²) in [5.41, 5.74) is 1.79. The van der Waals surface area contributed by atoms with E-state index in [-0.39, 0.29) is 0 Å². The number of benzene rings is 1. The minimum atomic E-state index is 0.461. The molecule has 4 heteroatoms. The Balaban J connectivity index is 1.95. The van der Waals surface area contributed by atoms with Crippen LogP contribution in [0.4, 0.5) is 5.69 Å². The maximum atomic E-state index is 9.17. The largest absolute Gasteiger partial charge is 0.368 e. The molecule has 0 aromatic heterocycles. The number of hydrogen-bond acceptors (Lipinski definition) is 4. The zero-order valence-corrected chi connectivity index (χ0v) is 11.9. The van der Waals surface area contributed by atoms with Crippen molar-refractivity contribution in [3.63, 3.8) is 0 Å². The van der Waals surface area contributed by atoms with Crippen molar-refractivity contribution in [2.45, 2.75) is 25.8 Å². The molecule has 4 nitrogen and oxygen atoms in total. The molecule has 1 aromatic carbocycles. The van der Waals surface area contributed by atoms with Gasteiger partial charge in [0.05, 0.1) is 17.3 Å². The molecule has 1 heterocycles. The van der Waals surface area contributed by atoms with Crippen molar-refractivity contribution < 1.29 is 0 Å². The minimum absolute atomic E-state index is 0.461. The Labute approximate surface area is 120 Å². The van der Waals surface area contributed by atoms with Crippen LogP contribution in [0.5, 0.6) is 0 Å². The molecular formula is C16H20N4. The lowest BCUT2D eigenvalue weighted by atomic mass is 10.1. The van der Waals surface area contributed by atoms with E-state index >= 15 is 0 Å². The first-order valence-electron chi connectivity index (χ1n) is 7.11. The van der Waals surface area contributed by atoms with Crippen LogP contribution in [0.2, 0.25) is 0 Å². The van der Waals surface area contributed by atoms with Gasteiger partial charge in [-0.15, -0.1) is 0 Å². The highest BCUT2D eigenvalue weighted by atomic mass is 15.3. The predicted octanol–water partition coefficient (Wildman–Crippen LogP) is 2.37. The number of nitriles is 2. The standard InChI is InChI=1S/C16H20N4/c1-14(5-4-8-17)19-9-11-20(12-10-19)16-7-3-2-6-15(16)13-18/h2-3,6-7,14H,4-5,9-12H2,1H3. The van der Waals surface area contributed by atoms with Crippen molar-refractivity contribution in [3.8, 4) is 12.1 Å². The summed E-state index contributed by atoms with van der Waals surface area (Å²) >= 11 is 0. The summed E-state index contributed by atoms with van der Waals surface area (Å²) in [6, 6.07) is 12.7. The van der Waals surface area contributed by atoms with Crippen molar-refractivity contribution in [1.29, 1.82) is 10.5 Å². The van der Waals surface area contributed by atoms with Gasteiger partial charge in [-0.05, 0) is 25.5 Å². The van der Waals surface area contributed by atoms with Crippen LogP contribution in [-0.2, 0) is 0 Å². The average Bonchev–Trinajstić information content (AvgIpc) is 2.52. The average molecular weight is 268 g/mol. The topological polar surface area (TPSA) is 54.1 Å². The Morgan fingerprint density at radius 3 is 2.50 bits per heavy atom. The molecule has 0 bridgehead atoms. The highest BCUT2D eigenvalue weighted by molar-refractivity contribution is 5.59. The van der Waals surface area contributed by atoms with Gasteiger partial charge in [0.2, 0.25) is 0 Å². The van der Waals surface area contributed by atoms with Crippen molar-refractivity contribution in [2.24, 2.45) is 0 Å². The second-order valence-electron chi connectivity index (χ2n) is 5.20. The number of anilines is 1. The van der Waals surface area contributed by atoms with Gasteiger partial charge in [-0.1, -0.05) is 12.1 Å². The molecule has 0 saturated carbocycles. The van der Waals surface area contributed by atoms with E-state index in [9.17, 15) is 0 Å². The van der Waals surface area contributed by atoms with Crippen molar-refractivity contribution >= 4 is 5.69 Å². The smallest absolute Gasteiger partial charge is 0.101 e. The van der Waals surface area contributed by atoms with E-state index in [4.69, 9.17) is 10.5 Å². The van der Waals surface area contributed by atoms with Gasteiger partial charge in [0, 0.05) is 38.6 Å². The molecule has 104 valence electrons. The van der Waals surface area contributed by atoms with Gasteiger partial charge in [-0.3, -0.25) is 4.90 Å². The maximum absolute atomic E-state index is 9.17. The van der Waals surface area contributed by atoms with Gasteiger partial charge in [0.25, 0.3) is 0 Å². The van der Waals surface area contributed by atoms with Gasteiger partial charge in [-0.2, -0.15) is 10.5 Å². The number of para-hydroxylation sites is 1. The molecule has 0 amide bonds. The fraction of sp³-hybridized carbons (Fsp3) is 0.500. The lowest BCUT2D eigenvalue weighted by molar-refractivity contribution is 0.190. The van der Waals surface area contributed by atoms with Gasteiger partial charge in [0.15, 0.2) is 0 Å². The third kappa shape index (κ3) is 3.29. The quantitative estimate of drug-likeness (QED) is 0.841. The van der Waals surface area contributed by atoms with Gasteiger partial charge in [-0.25, -0.2) is 0 Å². The van der Waals surface area contributed by atoms with Crippen LogP contribution in [0.15, 0.2) is 24.3 Å². The first-order chi connectivity index (χ1) is 9.76. The van der Waals surface area contributed by atoms with Gasteiger partial charge in [0.1, 0.15) is 6.07 Å². The monoisotopic (exact) mass is 268 g/mol. The number of hydrogen-bond donors (Lipinski definition) is 0. The van der Waals surface area contributed by atoms with E-state index in [1.54, 1.807) is 0 Å². The lowest BCUT2D eigenvalue weighted by Gasteiger charge is -2.39. The molecule has 20 heavy (non-hydrogen) atoms. The normalized spacial score (nSPS) is 17.2. The number of nitrogens with zero attached hydrogens (tertiary/aromatic N) is 4. The number of rotatable bonds is 4. The number of piperazine rings is 1. The summed E-state index contributed by atoms with van der Waals surface area (Å²) in [5.74, 6) is 0. The van der Waals surface area contributed by atoms with E-state index in [1.807, 2.05) is 24.3 Å². The van der Waals surface area contributed by atoms with Crippen LogP contribution in [-0.4, -0.2) is 37.1 Å². The molecular weight excluding hydrogens is 248 g/mol. The Kier molecular flexibility index (Phi) is 4.98. The first-order valence-corrected chi connectivity index (χ1v) is 7.11. The third-order valence-electron chi connectivity index (χ3n) is 3.98. The summed E-state index contributed by atoms with van der Waals surface area (Å²) in [7, 11) is 0. The highest BCUT2D eigenvalue weighted by Crippen LogP contribution is 2.22. The van der Waals surface area contributed by atoms with Crippen LogP contribution >= 0.6 is 0 Å². The van der Waals surface area contributed by atoms with Crippen LogP contribution < -0.4 is 4.90 Å². The molecule has 1 aliphatic heterocycles. The minimum Gasteiger partial charge on any atom is -0.368 e. The van der Waals surface area contributed by atoms with Gasteiger partial charge < -0.3 is 4.90 Å². The Hall–Kier alpha value is -2.04. The molecule has 1 fully saturated rings. The Bertz CT molecular complexity index is 518. The molecule has 0 radical (unpaired) electrons. The van der Waals surface area contributed by atoms with Crippen LogP contribution in [0.25, 0.3) is 0 Å². The molecule has 1 aromatic rings. The highest BCUT2D eigenvalue weighted by Gasteiger charge is 2.22. The molecule has 0 spiro atoms. The fourth-order valence-corrected chi connectivity index (χ4v) is 2.70. The molecule has 1 unspecified atom stereocenters. The van der Waals surface area contributed by atoms with Crippen molar-refractivity contribution in [2.75, 3.05) is 31.1 Å². The molecule has 2 rings (SSSR count).